The van der Waals surface area contributed by atoms with E-state index in [4.69, 9.17) is 0 Å². The highest BCUT2D eigenvalue weighted by Gasteiger charge is 2.17. The minimum Gasteiger partial charge on any atom is -0.338 e. The molecule has 0 heterocycles. The van der Waals surface area contributed by atoms with Crippen molar-refractivity contribution in [1.82, 2.24) is 10.6 Å². The molecule has 3 amide bonds. The Morgan fingerprint density at radius 3 is 2.48 bits per heavy atom. The van der Waals surface area contributed by atoms with Crippen molar-refractivity contribution in [3.05, 3.63) is 29.3 Å². The van der Waals surface area contributed by atoms with Crippen molar-refractivity contribution in [2.75, 3.05) is 6.54 Å². The summed E-state index contributed by atoms with van der Waals surface area (Å²) < 4.78 is 0. The van der Waals surface area contributed by atoms with Crippen LogP contribution in [0, 0.1) is 19.8 Å². The van der Waals surface area contributed by atoms with Gasteiger partial charge in [0.25, 0.3) is 0 Å². The molecule has 1 aromatic rings. The molecule has 0 saturated heterocycles. The Hall–Kier alpha value is -1.49. The second-order valence-electron chi connectivity index (χ2n) is 5.62. The van der Waals surface area contributed by atoms with Crippen LogP contribution in [-0.2, 0) is 4.79 Å². The summed E-state index contributed by atoms with van der Waals surface area (Å²) in [6.45, 7) is 10.4. The van der Waals surface area contributed by atoms with Crippen molar-refractivity contribution in [3.8, 4) is 0 Å². The summed E-state index contributed by atoms with van der Waals surface area (Å²) in [5.41, 5.74) is 2.29. The van der Waals surface area contributed by atoms with Crippen LogP contribution in [0.3, 0.4) is 0 Å². The normalized spacial score (nSPS) is 12.1. The molecular weight excluding hydrogens is 284 g/mol. The molecule has 0 bridgehead atoms. The number of hydrogen-bond acceptors (Lipinski definition) is 3. The summed E-state index contributed by atoms with van der Waals surface area (Å²) in [5, 5.41) is 4.73. The summed E-state index contributed by atoms with van der Waals surface area (Å²) in [6, 6.07) is 5.71. The average molecular weight is 308 g/mol. The fourth-order valence-electron chi connectivity index (χ4n) is 1.63. The van der Waals surface area contributed by atoms with E-state index < -0.39 is 6.03 Å². The third-order valence-corrected chi connectivity index (χ3v) is 4.19. The molecule has 0 aliphatic heterocycles. The summed E-state index contributed by atoms with van der Waals surface area (Å²) in [7, 11) is 0. The van der Waals surface area contributed by atoms with Crippen molar-refractivity contribution in [2.45, 2.75) is 44.8 Å². The number of thioether (sulfide) groups is 1. The summed E-state index contributed by atoms with van der Waals surface area (Å²) >= 11 is 1.47. The maximum absolute atomic E-state index is 12.0. The number of benzene rings is 1. The third kappa shape index (κ3) is 6.21. The molecule has 0 aliphatic carbocycles. The summed E-state index contributed by atoms with van der Waals surface area (Å²) in [5.74, 6) is 0.0785. The lowest BCUT2D eigenvalue weighted by molar-refractivity contribution is -0.119. The average Bonchev–Trinajstić information content (AvgIpc) is 2.40. The minimum atomic E-state index is -0.429. The molecule has 116 valence electrons. The summed E-state index contributed by atoms with van der Waals surface area (Å²) in [6.07, 6.45) is 0. The zero-order valence-corrected chi connectivity index (χ0v) is 14.1. The van der Waals surface area contributed by atoms with Crippen molar-refractivity contribution in [1.29, 1.82) is 0 Å². The molecule has 0 spiro atoms. The highest BCUT2D eigenvalue weighted by atomic mass is 32.2. The molecular formula is C16H24N2O2S. The number of aryl methyl sites for hydroxylation is 2. The number of urea groups is 1. The van der Waals surface area contributed by atoms with Crippen LogP contribution in [-0.4, -0.2) is 23.7 Å². The van der Waals surface area contributed by atoms with Gasteiger partial charge in [-0.05, 0) is 38.3 Å². The van der Waals surface area contributed by atoms with Crippen LogP contribution >= 0.6 is 11.8 Å². The Kier molecular flexibility index (Phi) is 6.75. The predicted molar refractivity (Wildman–Crippen MR) is 87.6 cm³/mol. The van der Waals surface area contributed by atoms with Gasteiger partial charge in [-0.25, -0.2) is 4.79 Å². The lowest BCUT2D eigenvalue weighted by atomic mass is 10.2. The van der Waals surface area contributed by atoms with Gasteiger partial charge in [0.05, 0.1) is 5.25 Å². The van der Waals surface area contributed by atoms with Gasteiger partial charge >= 0.3 is 6.03 Å². The van der Waals surface area contributed by atoms with Crippen LogP contribution in [0.15, 0.2) is 23.1 Å². The number of amides is 3. The molecule has 1 rings (SSSR count). The van der Waals surface area contributed by atoms with E-state index in [1.807, 2.05) is 39.8 Å². The SMILES string of the molecule is Cc1ccc(C)c(SC(C)C(=O)NC(=O)NCC(C)C)c1. The smallest absolute Gasteiger partial charge is 0.321 e. The van der Waals surface area contributed by atoms with Crippen LogP contribution in [0.25, 0.3) is 0 Å². The van der Waals surface area contributed by atoms with Gasteiger partial charge in [0.15, 0.2) is 0 Å². The van der Waals surface area contributed by atoms with Gasteiger partial charge in [-0.15, -0.1) is 11.8 Å². The molecule has 0 saturated carbocycles. The predicted octanol–water partition coefficient (Wildman–Crippen LogP) is 3.27. The number of nitrogens with one attached hydrogen (secondary N) is 2. The van der Waals surface area contributed by atoms with Gasteiger partial charge in [0.2, 0.25) is 5.91 Å². The van der Waals surface area contributed by atoms with Crippen molar-refractivity contribution in [2.24, 2.45) is 5.92 Å². The molecule has 0 radical (unpaired) electrons. The first-order valence-corrected chi connectivity index (χ1v) is 8.00. The lowest BCUT2D eigenvalue weighted by Crippen LogP contribution is -2.43. The fraction of sp³-hybridized carbons (Fsp3) is 0.500. The van der Waals surface area contributed by atoms with Crippen molar-refractivity contribution >= 4 is 23.7 Å². The van der Waals surface area contributed by atoms with Gasteiger partial charge in [0, 0.05) is 11.4 Å². The van der Waals surface area contributed by atoms with E-state index >= 15 is 0 Å². The molecule has 21 heavy (non-hydrogen) atoms. The first kappa shape index (κ1) is 17.6. The second kappa shape index (κ2) is 8.08. The maximum atomic E-state index is 12.0. The van der Waals surface area contributed by atoms with Gasteiger partial charge < -0.3 is 5.32 Å². The molecule has 2 N–H and O–H groups in total. The summed E-state index contributed by atoms with van der Waals surface area (Å²) in [4.78, 5) is 24.7. The van der Waals surface area contributed by atoms with E-state index in [2.05, 4.69) is 16.7 Å². The number of imide groups is 1. The Morgan fingerprint density at radius 2 is 1.86 bits per heavy atom. The highest BCUT2D eigenvalue weighted by Crippen LogP contribution is 2.27. The minimum absolute atomic E-state index is 0.276. The van der Waals surface area contributed by atoms with Crippen molar-refractivity contribution < 1.29 is 9.59 Å². The van der Waals surface area contributed by atoms with Gasteiger partial charge in [-0.3, -0.25) is 10.1 Å². The third-order valence-electron chi connectivity index (χ3n) is 2.92. The standard InChI is InChI=1S/C16H24N2O2S/c1-10(2)9-17-16(20)18-15(19)13(5)21-14-8-11(3)6-7-12(14)4/h6-8,10,13H,9H2,1-5H3,(H2,17,18,19,20). The Bertz CT molecular complexity index is 515. The van der Waals surface area contributed by atoms with Crippen LogP contribution in [0.1, 0.15) is 31.9 Å². The second-order valence-corrected chi connectivity index (χ2v) is 7.00. The zero-order chi connectivity index (χ0) is 16.0. The van der Waals surface area contributed by atoms with E-state index in [0.717, 1.165) is 16.0 Å². The molecule has 4 nitrogen and oxygen atoms in total. The molecule has 5 heteroatoms. The fourth-order valence-corrected chi connectivity index (χ4v) is 2.69. The molecule has 0 aliphatic rings. The van der Waals surface area contributed by atoms with Crippen molar-refractivity contribution in [3.63, 3.8) is 0 Å². The van der Waals surface area contributed by atoms with E-state index in [0.29, 0.717) is 12.5 Å². The first-order chi connectivity index (χ1) is 9.79. The molecule has 1 unspecified atom stereocenters. The van der Waals surface area contributed by atoms with Crippen LogP contribution < -0.4 is 10.6 Å². The zero-order valence-electron chi connectivity index (χ0n) is 13.3. The molecule has 1 aromatic carbocycles. The largest absolute Gasteiger partial charge is 0.338 e. The number of carbonyl (C=O) groups is 2. The van der Waals surface area contributed by atoms with Gasteiger partial charge in [0.1, 0.15) is 0 Å². The topological polar surface area (TPSA) is 58.2 Å². The highest BCUT2D eigenvalue weighted by molar-refractivity contribution is 8.00. The molecule has 1 atom stereocenters. The Balaban J connectivity index is 2.54. The van der Waals surface area contributed by atoms with Gasteiger partial charge in [-0.2, -0.15) is 0 Å². The maximum Gasteiger partial charge on any atom is 0.321 e. The van der Waals surface area contributed by atoms with E-state index in [1.54, 1.807) is 6.92 Å². The van der Waals surface area contributed by atoms with E-state index in [1.165, 1.54) is 11.8 Å². The first-order valence-electron chi connectivity index (χ1n) is 7.12. The Labute approximate surface area is 131 Å². The lowest BCUT2D eigenvalue weighted by Gasteiger charge is -2.14. The number of carbonyl (C=O) groups excluding carboxylic acids is 2. The van der Waals surface area contributed by atoms with Gasteiger partial charge in [-0.1, -0.05) is 31.5 Å². The number of rotatable bonds is 5. The Morgan fingerprint density at radius 1 is 1.19 bits per heavy atom. The van der Waals surface area contributed by atoms with E-state index in [9.17, 15) is 9.59 Å². The molecule has 0 fully saturated rings. The quantitative estimate of drug-likeness (QED) is 0.821. The molecule has 0 aromatic heterocycles. The monoisotopic (exact) mass is 308 g/mol. The van der Waals surface area contributed by atoms with Crippen LogP contribution in [0.2, 0.25) is 0 Å². The van der Waals surface area contributed by atoms with E-state index in [-0.39, 0.29) is 11.2 Å². The van der Waals surface area contributed by atoms with Crippen LogP contribution in [0.5, 0.6) is 0 Å². The number of hydrogen-bond donors (Lipinski definition) is 2. The van der Waals surface area contributed by atoms with Crippen LogP contribution in [0.4, 0.5) is 4.79 Å².